The van der Waals surface area contributed by atoms with Crippen LogP contribution in [-0.2, 0) is 0 Å². The molecule has 4 heteroatoms. The van der Waals surface area contributed by atoms with Gasteiger partial charge in [0.05, 0.1) is 19.8 Å². The first kappa shape index (κ1) is 15.6. The lowest BCUT2D eigenvalue weighted by Crippen LogP contribution is -2.31. The van der Waals surface area contributed by atoms with E-state index in [0.29, 0.717) is 12.0 Å². The van der Waals surface area contributed by atoms with E-state index in [1.165, 1.54) is 12.0 Å². The van der Waals surface area contributed by atoms with E-state index in [9.17, 15) is 5.11 Å². The third kappa shape index (κ3) is 3.73. The van der Waals surface area contributed by atoms with Crippen molar-refractivity contribution in [3.8, 4) is 11.5 Å². The van der Waals surface area contributed by atoms with Crippen molar-refractivity contribution in [2.75, 3.05) is 20.3 Å². The van der Waals surface area contributed by atoms with Crippen LogP contribution in [0.4, 0.5) is 0 Å². The molecule has 1 aromatic carbocycles. The molecule has 1 aromatic rings. The highest BCUT2D eigenvalue weighted by Gasteiger charge is 2.24. The van der Waals surface area contributed by atoms with Gasteiger partial charge in [-0.1, -0.05) is 6.42 Å². The fraction of sp³-hybridized carbons (Fsp3) is 0.667. The summed E-state index contributed by atoms with van der Waals surface area (Å²) >= 11 is 0. The fourth-order valence-electron chi connectivity index (χ4n) is 3.65. The lowest BCUT2D eigenvalue weighted by molar-refractivity contribution is 0.0995. The maximum atomic E-state index is 9.82. The molecule has 0 bridgehead atoms. The zero-order chi connectivity index (χ0) is 15.4. The summed E-state index contributed by atoms with van der Waals surface area (Å²) < 4.78 is 11.2. The summed E-state index contributed by atoms with van der Waals surface area (Å²) in [5, 5.41) is 13.5. The van der Waals surface area contributed by atoms with Gasteiger partial charge in [-0.2, -0.15) is 0 Å². The Balaban J connectivity index is 1.68. The summed E-state index contributed by atoms with van der Waals surface area (Å²) in [5.41, 5.74) is 1.20. The van der Waals surface area contributed by atoms with Crippen molar-refractivity contribution in [1.29, 1.82) is 0 Å². The molecule has 122 valence electrons. The summed E-state index contributed by atoms with van der Waals surface area (Å²) in [6.45, 7) is 1.75. The van der Waals surface area contributed by atoms with Crippen LogP contribution in [0.2, 0.25) is 0 Å². The molecule has 3 atom stereocenters. The molecule has 3 rings (SSSR count). The van der Waals surface area contributed by atoms with Gasteiger partial charge in [-0.15, -0.1) is 0 Å². The second-order valence-corrected chi connectivity index (χ2v) is 6.54. The molecular weight excluding hydrogens is 278 g/mol. The Morgan fingerprint density at radius 2 is 2.18 bits per heavy atom. The van der Waals surface area contributed by atoms with Crippen LogP contribution >= 0.6 is 0 Å². The molecule has 3 unspecified atom stereocenters. The lowest BCUT2D eigenvalue weighted by atomic mass is 9.87. The number of ether oxygens (including phenoxy) is 2. The number of hydrogen-bond donors (Lipinski definition) is 2. The molecule has 22 heavy (non-hydrogen) atoms. The highest BCUT2D eigenvalue weighted by Crippen LogP contribution is 2.35. The molecule has 1 fully saturated rings. The second kappa shape index (κ2) is 7.34. The van der Waals surface area contributed by atoms with Crippen molar-refractivity contribution in [3.05, 3.63) is 23.8 Å². The minimum absolute atomic E-state index is 0.106. The number of hydrogen-bond acceptors (Lipinski definition) is 4. The van der Waals surface area contributed by atoms with Gasteiger partial charge in [-0.3, -0.25) is 0 Å². The van der Waals surface area contributed by atoms with E-state index in [2.05, 4.69) is 11.4 Å². The molecule has 0 spiro atoms. The molecule has 1 aliphatic carbocycles. The predicted molar refractivity (Wildman–Crippen MR) is 86.4 cm³/mol. The van der Waals surface area contributed by atoms with Crippen LogP contribution in [0.1, 0.15) is 50.1 Å². The van der Waals surface area contributed by atoms with Crippen molar-refractivity contribution in [3.63, 3.8) is 0 Å². The summed E-state index contributed by atoms with van der Waals surface area (Å²) in [6, 6.07) is 6.37. The van der Waals surface area contributed by atoms with Crippen LogP contribution in [0.5, 0.6) is 11.5 Å². The third-order valence-electron chi connectivity index (χ3n) is 4.90. The number of methoxy groups -OCH3 is 1. The maximum Gasteiger partial charge on any atom is 0.124 e. The van der Waals surface area contributed by atoms with E-state index in [1.807, 2.05) is 12.1 Å². The smallest absolute Gasteiger partial charge is 0.124 e. The van der Waals surface area contributed by atoms with Gasteiger partial charge in [0.2, 0.25) is 0 Å². The molecule has 0 amide bonds. The highest BCUT2D eigenvalue weighted by molar-refractivity contribution is 5.42. The molecule has 4 nitrogen and oxygen atoms in total. The van der Waals surface area contributed by atoms with Crippen molar-refractivity contribution < 1.29 is 14.6 Å². The van der Waals surface area contributed by atoms with Gasteiger partial charge < -0.3 is 19.9 Å². The minimum atomic E-state index is -0.106. The molecule has 2 aliphatic rings. The number of fused-ring (bicyclic) bond motifs is 1. The van der Waals surface area contributed by atoms with Crippen molar-refractivity contribution >= 4 is 0 Å². The summed E-state index contributed by atoms with van der Waals surface area (Å²) in [5.74, 6) is 2.44. The summed E-state index contributed by atoms with van der Waals surface area (Å²) in [6.07, 6.45) is 6.29. The Bertz CT molecular complexity index is 491. The first-order valence-corrected chi connectivity index (χ1v) is 8.48. The normalized spacial score (nSPS) is 28.4. The average molecular weight is 305 g/mol. The highest BCUT2D eigenvalue weighted by atomic mass is 16.5. The Labute approximate surface area is 132 Å². The van der Waals surface area contributed by atoms with Gasteiger partial charge in [0.15, 0.2) is 0 Å². The van der Waals surface area contributed by atoms with Gasteiger partial charge in [0.25, 0.3) is 0 Å². The van der Waals surface area contributed by atoms with E-state index in [0.717, 1.165) is 56.8 Å². The van der Waals surface area contributed by atoms with E-state index < -0.39 is 0 Å². The fourth-order valence-corrected chi connectivity index (χ4v) is 3.65. The van der Waals surface area contributed by atoms with Crippen LogP contribution in [0, 0.1) is 5.92 Å². The zero-order valence-electron chi connectivity index (χ0n) is 13.4. The number of rotatable bonds is 4. The van der Waals surface area contributed by atoms with Crippen LogP contribution < -0.4 is 14.8 Å². The maximum absolute atomic E-state index is 9.82. The lowest BCUT2D eigenvalue weighted by Gasteiger charge is -2.28. The van der Waals surface area contributed by atoms with Gasteiger partial charge in [-0.25, -0.2) is 0 Å². The average Bonchev–Trinajstić information content (AvgIpc) is 2.74. The van der Waals surface area contributed by atoms with Gasteiger partial charge >= 0.3 is 0 Å². The molecule has 0 radical (unpaired) electrons. The van der Waals surface area contributed by atoms with Gasteiger partial charge in [-0.05, 0) is 62.8 Å². The molecule has 0 aromatic heterocycles. The second-order valence-electron chi connectivity index (χ2n) is 6.54. The van der Waals surface area contributed by atoms with Crippen LogP contribution in [0.3, 0.4) is 0 Å². The zero-order valence-corrected chi connectivity index (χ0v) is 13.4. The van der Waals surface area contributed by atoms with Gasteiger partial charge in [0, 0.05) is 11.6 Å². The van der Waals surface area contributed by atoms with Crippen molar-refractivity contribution in [2.45, 2.75) is 50.7 Å². The van der Waals surface area contributed by atoms with Gasteiger partial charge in [0.1, 0.15) is 11.5 Å². The van der Waals surface area contributed by atoms with Crippen LogP contribution in [0.25, 0.3) is 0 Å². The Morgan fingerprint density at radius 1 is 1.27 bits per heavy atom. The monoisotopic (exact) mass is 305 g/mol. The van der Waals surface area contributed by atoms with E-state index in [1.54, 1.807) is 7.11 Å². The topological polar surface area (TPSA) is 50.7 Å². The quantitative estimate of drug-likeness (QED) is 0.897. The third-order valence-corrected chi connectivity index (χ3v) is 4.90. The molecule has 0 saturated heterocycles. The molecule has 1 aliphatic heterocycles. The summed E-state index contributed by atoms with van der Waals surface area (Å²) in [7, 11) is 1.70. The Morgan fingerprint density at radius 3 is 3.00 bits per heavy atom. The molecule has 1 saturated carbocycles. The number of benzene rings is 1. The largest absolute Gasteiger partial charge is 0.497 e. The van der Waals surface area contributed by atoms with E-state index in [4.69, 9.17) is 9.47 Å². The predicted octanol–water partition coefficient (Wildman–Crippen LogP) is 3.05. The molecule has 2 N–H and O–H groups in total. The van der Waals surface area contributed by atoms with Crippen LogP contribution in [0.15, 0.2) is 18.2 Å². The number of aliphatic hydroxyl groups excluding tert-OH is 1. The van der Waals surface area contributed by atoms with Crippen LogP contribution in [-0.4, -0.2) is 31.5 Å². The first-order valence-electron chi connectivity index (χ1n) is 8.48. The standard InChI is InChI=1S/C18H27NO3/c1-21-15-7-8-18-16(11-15)17(6-3-9-22-18)19-12-13-4-2-5-14(20)10-13/h7-8,11,13-14,17,19-20H,2-6,9-10,12H2,1H3. The minimum Gasteiger partial charge on any atom is -0.497 e. The van der Waals surface area contributed by atoms with Crippen molar-refractivity contribution in [1.82, 2.24) is 5.32 Å². The van der Waals surface area contributed by atoms with E-state index >= 15 is 0 Å². The Hall–Kier alpha value is -1.26. The molecule has 1 heterocycles. The first-order chi connectivity index (χ1) is 10.8. The SMILES string of the molecule is COc1ccc2c(c1)C(NCC1CCCC(O)C1)CCCO2. The van der Waals surface area contributed by atoms with E-state index in [-0.39, 0.29) is 6.10 Å². The number of aliphatic hydroxyl groups is 1. The number of nitrogens with one attached hydrogen (secondary N) is 1. The van der Waals surface area contributed by atoms with Crippen molar-refractivity contribution in [2.24, 2.45) is 5.92 Å². The Kier molecular flexibility index (Phi) is 5.21. The summed E-state index contributed by atoms with van der Waals surface area (Å²) in [4.78, 5) is 0. The molecular formula is C18H27NO3.